The molecule has 11 rings (SSSR count). The highest BCUT2D eigenvalue weighted by molar-refractivity contribution is 5.93. The van der Waals surface area contributed by atoms with Crippen molar-refractivity contribution < 1.29 is 0 Å². The Morgan fingerprint density at radius 3 is 1.03 bits per heavy atom. The van der Waals surface area contributed by atoms with Crippen molar-refractivity contribution in [2.75, 3.05) is 4.90 Å². The first-order valence-electron chi connectivity index (χ1n) is 23.2. The highest BCUT2D eigenvalue weighted by atomic mass is 15.1. The van der Waals surface area contributed by atoms with Crippen molar-refractivity contribution in [3.8, 4) is 66.8 Å². The lowest BCUT2D eigenvalue weighted by Gasteiger charge is -2.32. The summed E-state index contributed by atoms with van der Waals surface area (Å²) in [5.74, 6) is 0. The second-order valence-corrected chi connectivity index (χ2v) is 20.2. The summed E-state index contributed by atoms with van der Waals surface area (Å²) < 4.78 is 0. The van der Waals surface area contributed by atoms with Crippen LogP contribution in [0.5, 0.6) is 0 Å². The first kappa shape index (κ1) is 40.5. The van der Waals surface area contributed by atoms with E-state index in [2.05, 4.69) is 260 Å². The van der Waals surface area contributed by atoms with Crippen molar-refractivity contribution in [2.45, 2.75) is 64.7 Å². The summed E-state index contributed by atoms with van der Waals surface area (Å²) in [7, 11) is 0. The Morgan fingerprint density at radius 1 is 0.292 bits per heavy atom. The molecule has 0 amide bonds. The molecule has 0 atom stereocenters. The molecule has 0 bridgehead atoms. The van der Waals surface area contributed by atoms with Gasteiger partial charge in [-0.15, -0.1) is 0 Å². The van der Waals surface area contributed by atoms with Crippen molar-refractivity contribution in [3.05, 3.63) is 234 Å². The third-order valence-corrected chi connectivity index (χ3v) is 14.4. The molecule has 2 aliphatic rings. The number of benzene rings is 9. The minimum atomic E-state index is -0.197. The van der Waals surface area contributed by atoms with Crippen molar-refractivity contribution in [2.24, 2.45) is 0 Å². The zero-order valence-electron chi connectivity index (χ0n) is 38.6. The second kappa shape index (κ2) is 15.2. The Labute approximate surface area is 385 Å². The van der Waals surface area contributed by atoms with E-state index in [-0.39, 0.29) is 16.2 Å². The fourth-order valence-corrected chi connectivity index (χ4v) is 11.1. The van der Waals surface area contributed by atoms with Gasteiger partial charge in [0, 0.05) is 27.9 Å². The summed E-state index contributed by atoms with van der Waals surface area (Å²) in [4.78, 5) is 2.46. The standard InChI is InChI=1S/C64H55N/c1-62(2,3)61-55(46-30-36-53-51-22-14-16-24-57(51)63(4,5)59(53)38-46)40-50(41-56(61)47-31-37-54-52-23-15-17-25-58(52)64(6,7)60(54)39-47)65(48-32-26-44(27-33-48)42-18-10-8-11-19-42)49-34-28-45(29-35-49)43-20-12-9-13-21-43/h8-41H,1-7H3. The highest BCUT2D eigenvalue weighted by Gasteiger charge is 2.38. The molecular formula is C64H55N. The summed E-state index contributed by atoms with van der Waals surface area (Å²) >= 11 is 0. The average Bonchev–Trinajstić information content (AvgIpc) is 3.71. The smallest absolute Gasteiger partial charge is 0.0474 e. The average molecular weight is 838 g/mol. The number of hydrogen-bond donors (Lipinski definition) is 0. The van der Waals surface area contributed by atoms with Crippen molar-refractivity contribution in [1.29, 1.82) is 0 Å². The maximum Gasteiger partial charge on any atom is 0.0474 e. The molecule has 0 aromatic heterocycles. The number of hydrogen-bond acceptors (Lipinski definition) is 1. The fraction of sp³-hybridized carbons (Fsp3) is 0.156. The van der Waals surface area contributed by atoms with E-state index in [0.717, 1.165) is 17.1 Å². The summed E-state index contributed by atoms with van der Waals surface area (Å²) in [5, 5.41) is 0. The quantitative estimate of drug-likeness (QED) is 0.155. The highest BCUT2D eigenvalue weighted by Crippen LogP contribution is 2.54. The monoisotopic (exact) mass is 837 g/mol. The predicted molar refractivity (Wildman–Crippen MR) is 277 cm³/mol. The minimum Gasteiger partial charge on any atom is -0.310 e. The SMILES string of the molecule is CC(C)(C)c1c(-c2ccc3c(c2)C(C)(C)c2ccccc2-3)cc(N(c2ccc(-c3ccccc3)cc2)c2ccc(-c3ccccc3)cc2)cc1-c1ccc2c(c1)C(C)(C)c1ccccc1-2. The second-order valence-electron chi connectivity index (χ2n) is 20.2. The molecule has 0 saturated carbocycles. The lowest BCUT2D eigenvalue weighted by molar-refractivity contribution is 0.593. The lowest BCUT2D eigenvalue weighted by Crippen LogP contribution is -2.18. The molecule has 0 aliphatic heterocycles. The first-order chi connectivity index (χ1) is 31.4. The van der Waals surface area contributed by atoms with Gasteiger partial charge in [-0.2, -0.15) is 0 Å². The van der Waals surface area contributed by atoms with E-state index in [0.29, 0.717) is 0 Å². The van der Waals surface area contributed by atoms with Crippen LogP contribution < -0.4 is 4.90 Å². The van der Waals surface area contributed by atoms with Gasteiger partial charge in [0.2, 0.25) is 0 Å². The van der Waals surface area contributed by atoms with Crippen molar-refractivity contribution in [3.63, 3.8) is 0 Å². The van der Waals surface area contributed by atoms with Gasteiger partial charge in [0.25, 0.3) is 0 Å². The topological polar surface area (TPSA) is 3.24 Å². The third-order valence-electron chi connectivity index (χ3n) is 14.4. The van der Waals surface area contributed by atoms with E-state index in [9.17, 15) is 0 Å². The number of fused-ring (bicyclic) bond motifs is 6. The molecule has 65 heavy (non-hydrogen) atoms. The summed E-state index contributed by atoms with van der Waals surface area (Å²) in [5.41, 5.74) is 24.9. The van der Waals surface area contributed by atoms with E-state index in [1.807, 2.05) is 0 Å². The molecule has 0 fully saturated rings. The van der Waals surface area contributed by atoms with Gasteiger partial charge in [0.15, 0.2) is 0 Å². The molecule has 1 heteroatoms. The lowest BCUT2D eigenvalue weighted by atomic mass is 9.75. The van der Waals surface area contributed by atoms with Crippen LogP contribution in [0.1, 0.15) is 76.3 Å². The normalized spacial score (nSPS) is 14.0. The Balaban J connectivity index is 1.17. The molecule has 0 saturated heterocycles. The number of nitrogens with zero attached hydrogens (tertiary/aromatic N) is 1. The zero-order valence-corrected chi connectivity index (χ0v) is 38.6. The van der Waals surface area contributed by atoms with Gasteiger partial charge >= 0.3 is 0 Å². The van der Waals surface area contributed by atoms with E-state index in [1.54, 1.807) is 0 Å². The Kier molecular flexibility index (Phi) is 9.49. The molecule has 1 nitrogen and oxygen atoms in total. The molecule has 0 N–H and O–H groups in total. The largest absolute Gasteiger partial charge is 0.310 e. The van der Waals surface area contributed by atoms with Gasteiger partial charge in [-0.3, -0.25) is 0 Å². The van der Waals surface area contributed by atoms with Gasteiger partial charge in [0.1, 0.15) is 0 Å². The van der Waals surface area contributed by atoms with Gasteiger partial charge in [-0.05, 0) is 149 Å². The van der Waals surface area contributed by atoms with Crippen molar-refractivity contribution in [1.82, 2.24) is 0 Å². The molecule has 9 aromatic rings. The van der Waals surface area contributed by atoms with Crippen LogP contribution >= 0.6 is 0 Å². The predicted octanol–water partition coefficient (Wildman–Crippen LogP) is 17.7. The van der Waals surface area contributed by atoms with Gasteiger partial charge < -0.3 is 4.90 Å². The first-order valence-corrected chi connectivity index (χ1v) is 23.2. The van der Waals surface area contributed by atoms with Gasteiger partial charge in [0.05, 0.1) is 0 Å². The maximum atomic E-state index is 2.50. The maximum absolute atomic E-state index is 2.50. The van der Waals surface area contributed by atoms with Gasteiger partial charge in [-0.1, -0.05) is 206 Å². The molecule has 0 spiro atoms. The molecule has 0 unspecified atom stereocenters. The van der Waals surface area contributed by atoms with Crippen LogP contribution in [0.15, 0.2) is 206 Å². The van der Waals surface area contributed by atoms with Crippen LogP contribution in [0, 0.1) is 0 Å². The third kappa shape index (κ3) is 6.76. The van der Waals surface area contributed by atoms with Crippen LogP contribution in [-0.4, -0.2) is 0 Å². The minimum absolute atomic E-state index is 0.127. The van der Waals surface area contributed by atoms with Gasteiger partial charge in [-0.25, -0.2) is 0 Å². The number of anilines is 3. The molecule has 0 radical (unpaired) electrons. The van der Waals surface area contributed by atoms with Crippen LogP contribution in [0.25, 0.3) is 66.8 Å². The van der Waals surface area contributed by atoms with E-state index >= 15 is 0 Å². The number of rotatable bonds is 7. The summed E-state index contributed by atoms with van der Waals surface area (Å²) in [6.07, 6.45) is 0. The Morgan fingerprint density at radius 2 is 0.631 bits per heavy atom. The Bertz CT molecular complexity index is 3040. The van der Waals surface area contributed by atoms with E-state index in [1.165, 1.54) is 94.6 Å². The molecule has 316 valence electrons. The van der Waals surface area contributed by atoms with Crippen LogP contribution in [-0.2, 0) is 16.2 Å². The molecule has 0 heterocycles. The van der Waals surface area contributed by atoms with Crippen LogP contribution in [0.3, 0.4) is 0 Å². The zero-order chi connectivity index (χ0) is 44.7. The van der Waals surface area contributed by atoms with E-state index in [4.69, 9.17) is 0 Å². The van der Waals surface area contributed by atoms with E-state index < -0.39 is 0 Å². The molecular weight excluding hydrogens is 783 g/mol. The summed E-state index contributed by atoms with van der Waals surface area (Å²) in [6, 6.07) is 77.0. The van der Waals surface area contributed by atoms with Crippen LogP contribution in [0.2, 0.25) is 0 Å². The molecule has 9 aromatic carbocycles. The fourth-order valence-electron chi connectivity index (χ4n) is 11.1. The van der Waals surface area contributed by atoms with Crippen molar-refractivity contribution >= 4 is 17.1 Å². The molecule has 2 aliphatic carbocycles. The van der Waals surface area contributed by atoms with Crippen LogP contribution in [0.4, 0.5) is 17.1 Å². The summed E-state index contributed by atoms with van der Waals surface area (Å²) in [6.45, 7) is 16.7. The Hall–Kier alpha value is -7.22.